The summed E-state index contributed by atoms with van der Waals surface area (Å²) in [7, 11) is 0. The number of carbonyl (C=O) groups is 1. The summed E-state index contributed by atoms with van der Waals surface area (Å²) in [4.78, 5) is 12.7. The van der Waals surface area contributed by atoms with E-state index in [-0.39, 0.29) is 11.4 Å². The molecule has 0 saturated heterocycles. The van der Waals surface area contributed by atoms with Gasteiger partial charge in [-0.1, -0.05) is 23.4 Å². The van der Waals surface area contributed by atoms with Crippen LogP contribution in [0.3, 0.4) is 0 Å². The minimum atomic E-state index is -4.94. The van der Waals surface area contributed by atoms with E-state index in [9.17, 15) is 22.4 Å². The van der Waals surface area contributed by atoms with Gasteiger partial charge in [0.1, 0.15) is 17.0 Å². The molecule has 0 fully saturated rings. The van der Waals surface area contributed by atoms with Crippen molar-refractivity contribution in [3.8, 4) is 5.69 Å². The number of para-hydroxylation sites is 1. The van der Waals surface area contributed by atoms with E-state index >= 15 is 0 Å². The lowest BCUT2D eigenvalue weighted by Crippen LogP contribution is -2.21. The molecule has 0 aliphatic heterocycles. The fourth-order valence-corrected chi connectivity index (χ4v) is 3.45. The fourth-order valence-electron chi connectivity index (χ4n) is 3.45. The number of aromatic nitrogens is 3. The lowest BCUT2D eigenvalue weighted by Gasteiger charge is -2.11. The number of alkyl halides is 3. The summed E-state index contributed by atoms with van der Waals surface area (Å²) < 4.78 is 60.6. The van der Waals surface area contributed by atoms with Gasteiger partial charge < -0.3 is 9.73 Å². The van der Waals surface area contributed by atoms with Crippen molar-refractivity contribution in [1.82, 2.24) is 15.0 Å². The van der Waals surface area contributed by atoms with Gasteiger partial charge in [-0.15, -0.1) is 5.10 Å². The number of fused-ring (bicyclic) bond motifs is 3. The minimum absolute atomic E-state index is 0.0889. The molecule has 1 N–H and O–H groups in total. The Labute approximate surface area is 177 Å². The van der Waals surface area contributed by atoms with Crippen LogP contribution in [-0.2, 0) is 6.18 Å². The Morgan fingerprint density at radius 1 is 0.938 bits per heavy atom. The molecule has 0 saturated carbocycles. The molecular formula is C22H12F4N4O2. The summed E-state index contributed by atoms with van der Waals surface area (Å²) in [6.07, 6.45) is -4.94. The second-order valence-electron chi connectivity index (χ2n) is 6.94. The van der Waals surface area contributed by atoms with Crippen molar-refractivity contribution in [2.45, 2.75) is 6.18 Å². The average Bonchev–Trinajstić information content (AvgIpc) is 3.36. The van der Waals surface area contributed by atoms with Crippen molar-refractivity contribution >= 4 is 33.5 Å². The normalized spacial score (nSPS) is 11.9. The smallest absolute Gasteiger partial charge is 0.435 e. The Bertz CT molecular complexity index is 1470. The zero-order chi connectivity index (χ0) is 22.5. The Kier molecular flexibility index (Phi) is 4.43. The van der Waals surface area contributed by atoms with Crippen LogP contribution in [-0.4, -0.2) is 20.9 Å². The molecule has 0 bridgehead atoms. The number of nitrogens with one attached hydrogen (secondary N) is 1. The number of anilines is 1. The van der Waals surface area contributed by atoms with E-state index in [1.165, 1.54) is 6.07 Å². The third-order valence-corrected chi connectivity index (χ3v) is 4.86. The van der Waals surface area contributed by atoms with Crippen LogP contribution >= 0.6 is 0 Å². The number of halogens is 4. The molecular weight excluding hydrogens is 428 g/mol. The van der Waals surface area contributed by atoms with Crippen LogP contribution in [0.15, 0.2) is 71.1 Å². The molecule has 0 aliphatic rings. The molecule has 6 nitrogen and oxygen atoms in total. The lowest BCUT2D eigenvalue weighted by atomic mass is 10.1. The Hall–Kier alpha value is -4.21. The first-order chi connectivity index (χ1) is 15.3. The van der Waals surface area contributed by atoms with Gasteiger partial charge >= 0.3 is 6.18 Å². The number of hydrogen-bond donors (Lipinski definition) is 1. The number of rotatable bonds is 3. The lowest BCUT2D eigenvalue weighted by molar-refractivity contribution is -0.143. The molecule has 0 radical (unpaired) electrons. The maximum absolute atomic E-state index is 13.8. The second-order valence-corrected chi connectivity index (χ2v) is 6.94. The number of carbonyl (C=O) groups excluding carboxylic acids is 1. The first kappa shape index (κ1) is 19.7. The molecule has 32 heavy (non-hydrogen) atoms. The molecule has 3 aromatic carbocycles. The summed E-state index contributed by atoms with van der Waals surface area (Å²) in [5.41, 5.74) is -1.03. The SMILES string of the molecule is O=C(Nc1ccc2c(c1)oc1ccccc12)c1nnn(-c2ccc(F)cc2)c1C(F)(F)F. The molecule has 160 valence electrons. The first-order valence-corrected chi connectivity index (χ1v) is 9.33. The topological polar surface area (TPSA) is 73.0 Å². The predicted molar refractivity (Wildman–Crippen MR) is 108 cm³/mol. The van der Waals surface area contributed by atoms with Crippen LogP contribution in [0.4, 0.5) is 23.2 Å². The molecule has 10 heteroatoms. The van der Waals surface area contributed by atoms with Crippen LogP contribution in [0.25, 0.3) is 27.6 Å². The Balaban J connectivity index is 1.51. The molecule has 2 aromatic heterocycles. The molecule has 0 spiro atoms. The summed E-state index contributed by atoms with van der Waals surface area (Å²) in [6, 6.07) is 16.3. The monoisotopic (exact) mass is 440 g/mol. The fraction of sp³-hybridized carbons (Fsp3) is 0.0455. The highest BCUT2D eigenvalue weighted by atomic mass is 19.4. The van der Waals surface area contributed by atoms with Crippen LogP contribution < -0.4 is 5.32 Å². The van der Waals surface area contributed by atoms with Crippen molar-refractivity contribution in [1.29, 1.82) is 0 Å². The largest absolute Gasteiger partial charge is 0.456 e. The first-order valence-electron chi connectivity index (χ1n) is 9.33. The number of hydrogen-bond acceptors (Lipinski definition) is 4. The third-order valence-electron chi connectivity index (χ3n) is 4.86. The maximum atomic E-state index is 13.8. The van der Waals surface area contributed by atoms with E-state index < -0.39 is 29.3 Å². The van der Waals surface area contributed by atoms with Crippen molar-refractivity contribution in [3.63, 3.8) is 0 Å². The van der Waals surface area contributed by atoms with Gasteiger partial charge in [0.15, 0.2) is 11.4 Å². The maximum Gasteiger partial charge on any atom is 0.435 e. The van der Waals surface area contributed by atoms with Gasteiger partial charge in [0.05, 0.1) is 5.69 Å². The zero-order valence-electron chi connectivity index (χ0n) is 16.0. The van der Waals surface area contributed by atoms with Gasteiger partial charge in [0, 0.05) is 22.5 Å². The summed E-state index contributed by atoms with van der Waals surface area (Å²) in [5.74, 6) is -1.72. The van der Waals surface area contributed by atoms with E-state index in [1.807, 2.05) is 18.2 Å². The third kappa shape index (κ3) is 3.35. The quantitative estimate of drug-likeness (QED) is 0.372. The van der Waals surface area contributed by atoms with Gasteiger partial charge in [-0.3, -0.25) is 4.79 Å². The molecule has 5 rings (SSSR count). The zero-order valence-corrected chi connectivity index (χ0v) is 16.0. The molecule has 0 aliphatic carbocycles. The van der Waals surface area contributed by atoms with Gasteiger partial charge in [-0.2, -0.15) is 13.2 Å². The van der Waals surface area contributed by atoms with E-state index in [4.69, 9.17) is 4.42 Å². The highest BCUT2D eigenvalue weighted by molar-refractivity contribution is 6.08. The van der Waals surface area contributed by atoms with Gasteiger partial charge in [0.25, 0.3) is 5.91 Å². The van der Waals surface area contributed by atoms with Crippen LogP contribution in [0.1, 0.15) is 16.2 Å². The van der Waals surface area contributed by atoms with E-state index in [0.29, 0.717) is 15.8 Å². The number of amides is 1. The van der Waals surface area contributed by atoms with Crippen LogP contribution in [0.2, 0.25) is 0 Å². The standard InChI is InChI=1S/C22H12F4N4O2/c23-12-5-8-14(9-6-12)30-20(22(24,25)26)19(28-29-30)21(31)27-13-7-10-16-15-3-1-2-4-17(15)32-18(16)11-13/h1-11H,(H,27,31). The molecule has 1 amide bonds. The second kappa shape index (κ2) is 7.19. The Morgan fingerprint density at radius 2 is 1.66 bits per heavy atom. The van der Waals surface area contributed by atoms with Crippen molar-refractivity contribution < 1.29 is 26.8 Å². The number of benzene rings is 3. The number of furan rings is 1. The van der Waals surface area contributed by atoms with Gasteiger partial charge in [-0.05, 0) is 42.5 Å². The van der Waals surface area contributed by atoms with Crippen LogP contribution in [0, 0.1) is 5.82 Å². The van der Waals surface area contributed by atoms with E-state index in [2.05, 4.69) is 15.6 Å². The number of nitrogens with zero attached hydrogens (tertiary/aromatic N) is 3. The van der Waals surface area contributed by atoms with E-state index in [1.54, 1.807) is 18.2 Å². The van der Waals surface area contributed by atoms with Crippen molar-refractivity contribution in [2.75, 3.05) is 5.32 Å². The van der Waals surface area contributed by atoms with Crippen molar-refractivity contribution in [3.05, 3.63) is 83.9 Å². The predicted octanol–water partition coefficient (Wildman–Crippen LogP) is 5.58. The average molecular weight is 440 g/mol. The minimum Gasteiger partial charge on any atom is -0.456 e. The highest BCUT2D eigenvalue weighted by Crippen LogP contribution is 2.34. The van der Waals surface area contributed by atoms with Crippen molar-refractivity contribution in [2.24, 2.45) is 0 Å². The molecule has 0 atom stereocenters. The van der Waals surface area contributed by atoms with Gasteiger partial charge in [-0.25, -0.2) is 9.07 Å². The summed E-state index contributed by atoms with van der Waals surface area (Å²) in [5, 5.41) is 11.0. The van der Waals surface area contributed by atoms with Gasteiger partial charge in [0.2, 0.25) is 0 Å². The Morgan fingerprint density at radius 3 is 2.41 bits per heavy atom. The summed E-state index contributed by atoms with van der Waals surface area (Å²) >= 11 is 0. The molecule has 2 heterocycles. The molecule has 0 unspecified atom stereocenters. The van der Waals surface area contributed by atoms with Crippen LogP contribution in [0.5, 0.6) is 0 Å². The van der Waals surface area contributed by atoms with E-state index in [0.717, 1.165) is 35.0 Å². The summed E-state index contributed by atoms with van der Waals surface area (Å²) in [6.45, 7) is 0. The highest BCUT2D eigenvalue weighted by Gasteiger charge is 2.42. The molecule has 5 aromatic rings.